The average Bonchev–Trinajstić information content (AvgIpc) is 2.80. The summed E-state index contributed by atoms with van der Waals surface area (Å²) in [7, 11) is 3.96. The Morgan fingerprint density at radius 2 is 1.74 bits per heavy atom. The van der Waals surface area contributed by atoms with Gasteiger partial charge in [0.1, 0.15) is 5.82 Å². The van der Waals surface area contributed by atoms with Gasteiger partial charge in [0.05, 0.1) is 16.8 Å². The number of fused-ring (bicyclic) bond motifs is 1. The van der Waals surface area contributed by atoms with Crippen molar-refractivity contribution >= 4 is 50.1 Å². The Hall–Kier alpha value is -3.01. The molecule has 3 aromatic rings. The van der Waals surface area contributed by atoms with E-state index in [2.05, 4.69) is 21.2 Å². The fraction of sp³-hybridized carbons (Fsp3) is 0.360. The van der Waals surface area contributed by atoms with Gasteiger partial charge in [-0.1, -0.05) is 34.1 Å². The van der Waals surface area contributed by atoms with Gasteiger partial charge in [0.2, 0.25) is 0 Å². The molecule has 1 aliphatic carbocycles. The minimum atomic E-state index is -4.61. The molecule has 0 bridgehead atoms. The zero-order chi connectivity index (χ0) is 25.3. The van der Waals surface area contributed by atoms with E-state index in [9.17, 15) is 18.0 Å². The number of alkyl halides is 3. The van der Waals surface area contributed by atoms with Crippen LogP contribution in [0, 0.1) is 0 Å². The Bertz CT molecular complexity index is 1230. The summed E-state index contributed by atoms with van der Waals surface area (Å²) in [5.74, 6) is 0.745. The summed E-state index contributed by atoms with van der Waals surface area (Å²) in [4.78, 5) is 20.2. The van der Waals surface area contributed by atoms with Crippen LogP contribution in [0.5, 0.6) is 0 Å². The molecule has 0 aliphatic heterocycles. The number of urea groups is 1. The number of halogens is 4. The van der Waals surface area contributed by atoms with E-state index in [0.717, 1.165) is 33.4 Å². The molecule has 10 heteroatoms. The van der Waals surface area contributed by atoms with Crippen molar-refractivity contribution in [3.63, 3.8) is 0 Å². The summed E-state index contributed by atoms with van der Waals surface area (Å²) in [6.45, 7) is 0. The Balaban J connectivity index is 1.52. The summed E-state index contributed by atoms with van der Waals surface area (Å²) in [6, 6.07) is 12.4. The van der Waals surface area contributed by atoms with Crippen molar-refractivity contribution in [2.24, 2.45) is 5.73 Å². The lowest BCUT2D eigenvalue weighted by Gasteiger charge is -2.37. The summed E-state index contributed by atoms with van der Waals surface area (Å²) in [5, 5.41) is 4.54. The first-order chi connectivity index (χ1) is 16.5. The molecule has 3 N–H and O–H groups in total. The van der Waals surface area contributed by atoms with E-state index in [1.807, 2.05) is 49.3 Å². The van der Waals surface area contributed by atoms with Crippen molar-refractivity contribution in [1.29, 1.82) is 0 Å². The minimum absolute atomic E-state index is 0.0802. The van der Waals surface area contributed by atoms with Crippen LogP contribution < -0.4 is 20.9 Å². The van der Waals surface area contributed by atoms with Gasteiger partial charge in [-0.05, 0) is 49.9 Å². The highest BCUT2D eigenvalue weighted by Crippen LogP contribution is 2.40. The Morgan fingerprint density at radius 3 is 2.37 bits per heavy atom. The number of benzene rings is 2. The normalized spacial score (nSPS) is 18.3. The standard InChI is InChI=1S/C25H27BrF3N5O/c1-33(2)22-14-23(32-20-6-4-3-5-18(20)22)31-16-8-10-17(11-9-16)34(24(30)35)21-12-7-15(26)13-19(21)25(27,28)29/h3-7,12-14,16-17H,8-11H2,1-2H3,(H2,30,35)(H,31,32)/t16-,17+. The summed E-state index contributed by atoms with van der Waals surface area (Å²) < 4.78 is 41.4. The average molecular weight is 550 g/mol. The van der Waals surface area contributed by atoms with Crippen molar-refractivity contribution in [3.05, 3.63) is 58.6 Å². The molecule has 1 heterocycles. The number of nitrogens with zero attached hydrogens (tertiary/aromatic N) is 3. The first kappa shape index (κ1) is 25.1. The number of nitrogens with two attached hydrogens (primary N) is 1. The molecule has 1 fully saturated rings. The molecule has 1 aliphatic rings. The van der Waals surface area contributed by atoms with Crippen LogP contribution in [0.3, 0.4) is 0 Å². The molecule has 0 radical (unpaired) electrons. The van der Waals surface area contributed by atoms with Gasteiger partial charge >= 0.3 is 12.2 Å². The van der Waals surface area contributed by atoms with Crippen LogP contribution >= 0.6 is 15.9 Å². The van der Waals surface area contributed by atoms with Crippen molar-refractivity contribution in [3.8, 4) is 0 Å². The molecule has 0 saturated heterocycles. The van der Waals surface area contributed by atoms with E-state index in [-0.39, 0.29) is 16.2 Å². The SMILES string of the molecule is CN(C)c1cc(N[C@H]2CC[C@@H](N(C(N)=O)c3ccc(Br)cc3C(F)(F)F)CC2)nc2ccccc12. The molecular formula is C25H27BrF3N5O. The number of anilines is 3. The van der Waals surface area contributed by atoms with Gasteiger partial charge < -0.3 is 16.0 Å². The summed E-state index contributed by atoms with van der Waals surface area (Å²) in [6.07, 6.45) is -2.25. The highest BCUT2D eigenvalue weighted by atomic mass is 79.9. The molecule has 0 atom stereocenters. The topological polar surface area (TPSA) is 74.5 Å². The number of pyridine rings is 1. The number of hydrogen-bond acceptors (Lipinski definition) is 4. The molecule has 2 aromatic carbocycles. The van der Waals surface area contributed by atoms with Gasteiger partial charge in [-0.25, -0.2) is 9.78 Å². The Labute approximate surface area is 210 Å². The van der Waals surface area contributed by atoms with Gasteiger partial charge in [0, 0.05) is 47.8 Å². The summed E-state index contributed by atoms with van der Waals surface area (Å²) >= 11 is 3.09. The lowest BCUT2D eigenvalue weighted by atomic mass is 9.89. The predicted molar refractivity (Wildman–Crippen MR) is 137 cm³/mol. The van der Waals surface area contributed by atoms with Gasteiger partial charge in [0.15, 0.2) is 0 Å². The zero-order valence-electron chi connectivity index (χ0n) is 19.4. The second-order valence-corrected chi connectivity index (χ2v) is 9.87. The van der Waals surface area contributed by atoms with E-state index in [1.54, 1.807) is 0 Å². The van der Waals surface area contributed by atoms with E-state index in [1.165, 1.54) is 12.1 Å². The van der Waals surface area contributed by atoms with Crippen molar-refractivity contribution < 1.29 is 18.0 Å². The van der Waals surface area contributed by atoms with Crippen LogP contribution in [0.15, 0.2) is 53.0 Å². The van der Waals surface area contributed by atoms with E-state index >= 15 is 0 Å². The molecule has 35 heavy (non-hydrogen) atoms. The maximum atomic E-state index is 13.7. The van der Waals surface area contributed by atoms with Gasteiger partial charge in [-0.3, -0.25) is 4.90 Å². The number of nitrogens with one attached hydrogen (secondary N) is 1. The van der Waals surface area contributed by atoms with Crippen molar-refractivity contribution in [1.82, 2.24) is 4.98 Å². The lowest BCUT2D eigenvalue weighted by molar-refractivity contribution is -0.137. The molecule has 4 rings (SSSR count). The third-order valence-electron chi connectivity index (χ3n) is 6.35. The third kappa shape index (κ3) is 5.47. The molecule has 186 valence electrons. The lowest BCUT2D eigenvalue weighted by Crippen LogP contribution is -2.47. The smallest absolute Gasteiger partial charge is 0.377 e. The monoisotopic (exact) mass is 549 g/mol. The van der Waals surface area contributed by atoms with Crippen LogP contribution in [-0.4, -0.2) is 37.2 Å². The Morgan fingerprint density at radius 1 is 1.06 bits per heavy atom. The van der Waals surface area contributed by atoms with E-state index in [0.29, 0.717) is 25.7 Å². The molecule has 0 spiro atoms. The predicted octanol–water partition coefficient (Wildman–Crippen LogP) is 6.39. The Kier molecular flexibility index (Phi) is 7.12. The van der Waals surface area contributed by atoms with E-state index in [4.69, 9.17) is 10.7 Å². The molecule has 1 saturated carbocycles. The summed E-state index contributed by atoms with van der Waals surface area (Å²) in [5.41, 5.74) is 6.41. The minimum Gasteiger partial charge on any atom is -0.377 e. The number of para-hydroxylation sites is 1. The van der Waals surface area contributed by atoms with Crippen LogP contribution in [0.2, 0.25) is 0 Å². The number of primary amides is 1. The van der Waals surface area contributed by atoms with Gasteiger partial charge in [0.25, 0.3) is 0 Å². The highest BCUT2D eigenvalue weighted by Gasteiger charge is 2.38. The number of aromatic nitrogens is 1. The maximum Gasteiger partial charge on any atom is 0.418 e. The molecule has 0 unspecified atom stereocenters. The molecule has 2 amide bonds. The van der Waals surface area contributed by atoms with Crippen LogP contribution in [0.1, 0.15) is 31.2 Å². The quantitative estimate of drug-likeness (QED) is 0.386. The van der Waals surface area contributed by atoms with Gasteiger partial charge in [-0.2, -0.15) is 13.2 Å². The zero-order valence-corrected chi connectivity index (χ0v) is 21.0. The van der Waals surface area contributed by atoms with Crippen LogP contribution in [0.25, 0.3) is 10.9 Å². The van der Waals surface area contributed by atoms with Crippen LogP contribution in [0.4, 0.5) is 35.2 Å². The third-order valence-corrected chi connectivity index (χ3v) is 6.84. The first-order valence-corrected chi connectivity index (χ1v) is 12.1. The fourth-order valence-electron chi connectivity index (χ4n) is 4.73. The molecule has 6 nitrogen and oxygen atoms in total. The second kappa shape index (κ2) is 9.93. The number of amides is 2. The molecule has 1 aromatic heterocycles. The number of rotatable bonds is 5. The molecular weight excluding hydrogens is 523 g/mol. The number of hydrogen-bond donors (Lipinski definition) is 2. The largest absolute Gasteiger partial charge is 0.418 e. The van der Waals surface area contributed by atoms with Crippen molar-refractivity contribution in [2.75, 3.05) is 29.2 Å². The maximum absolute atomic E-state index is 13.7. The number of carbonyl (C=O) groups is 1. The van der Waals surface area contributed by atoms with Crippen LogP contribution in [-0.2, 0) is 6.18 Å². The fourth-order valence-corrected chi connectivity index (χ4v) is 5.09. The van der Waals surface area contributed by atoms with Gasteiger partial charge in [-0.15, -0.1) is 0 Å². The number of carbonyl (C=O) groups excluding carboxylic acids is 1. The highest BCUT2D eigenvalue weighted by molar-refractivity contribution is 9.10. The second-order valence-electron chi connectivity index (χ2n) is 8.96. The first-order valence-electron chi connectivity index (χ1n) is 11.3. The van der Waals surface area contributed by atoms with E-state index < -0.39 is 23.8 Å². The van der Waals surface area contributed by atoms with Crippen molar-refractivity contribution in [2.45, 2.75) is 43.9 Å².